The van der Waals surface area contributed by atoms with Gasteiger partial charge in [-0.3, -0.25) is 9.59 Å². The molecule has 2 aliphatic rings. The van der Waals surface area contributed by atoms with Crippen molar-refractivity contribution in [2.24, 2.45) is 0 Å². The lowest BCUT2D eigenvalue weighted by Gasteiger charge is -2.11. The first-order chi connectivity index (χ1) is 9.22. The third-order valence-electron chi connectivity index (χ3n) is 3.36. The molecule has 6 heteroatoms. The number of hydrogen-bond donors (Lipinski definition) is 3. The molecule has 3 rings (SSSR count). The Morgan fingerprint density at radius 3 is 3.00 bits per heavy atom. The van der Waals surface area contributed by atoms with Crippen LogP contribution in [0.2, 0.25) is 0 Å². The lowest BCUT2D eigenvalue weighted by atomic mass is 10.1. The van der Waals surface area contributed by atoms with Crippen molar-refractivity contribution in [3.8, 4) is 0 Å². The molecule has 1 aromatic carbocycles. The molecule has 3 N–H and O–H groups in total. The first-order valence-corrected chi connectivity index (χ1v) is 7.23. The highest BCUT2D eigenvalue weighted by atomic mass is 32.2. The van der Waals surface area contributed by atoms with Crippen molar-refractivity contribution in [2.75, 3.05) is 5.75 Å². The topological polar surface area (TPSA) is 70.2 Å². The Morgan fingerprint density at radius 2 is 2.21 bits per heavy atom. The summed E-state index contributed by atoms with van der Waals surface area (Å²) >= 11 is 1.15. The molecule has 1 saturated heterocycles. The van der Waals surface area contributed by atoms with Crippen molar-refractivity contribution in [1.29, 1.82) is 0 Å². The second-order valence-electron chi connectivity index (χ2n) is 4.72. The summed E-state index contributed by atoms with van der Waals surface area (Å²) in [5.74, 6) is 0.399. The van der Waals surface area contributed by atoms with Crippen LogP contribution in [0.3, 0.4) is 0 Å². The van der Waals surface area contributed by atoms with Crippen molar-refractivity contribution >= 4 is 22.9 Å². The van der Waals surface area contributed by atoms with Crippen molar-refractivity contribution in [1.82, 2.24) is 16.0 Å². The lowest BCUT2D eigenvalue weighted by Crippen LogP contribution is -2.42. The standard InChI is InChI=1S/C13H15N3O2S/c17-12(11-7-19-13(18)16-11)15-4-8-1-2-9-5-14-6-10(9)3-8/h1-3,11,14H,4-7H2,(H,15,17)(H,16,18). The van der Waals surface area contributed by atoms with E-state index < -0.39 is 6.04 Å². The van der Waals surface area contributed by atoms with Crippen molar-refractivity contribution < 1.29 is 9.59 Å². The highest BCUT2D eigenvalue weighted by Crippen LogP contribution is 2.17. The zero-order chi connectivity index (χ0) is 13.2. The molecule has 2 heterocycles. The number of carbonyl (C=O) groups is 2. The largest absolute Gasteiger partial charge is 0.350 e. The van der Waals surface area contributed by atoms with E-state index in [1.807, 2.05) is 6.07 Å². The lowest BCUT2D eigenvalue weighted by molar-refractivity contribution is -0.122. The van der Waals surface area contributed by atoms with E-state index in [9.17, 15) is 9.59 Å². The van der Waals surface area contributed by atoms with Crippen LogP contribution in [0.1, 0.15) is 16.7 Å². The fourth-order valence-electron chi connectivity index (χ4n) is 2.30. The highest BCUT2D eigenvalue weighted by Gasteiger charge is 2.27. The molecule has 100 valence electrons. The van der Waals surface area contributed by atoms with E-state index in [1.165, 1.54) is 11.1 Å². The van der Waals surface area contributed by atoms with E-state index >= 15 is 0 Å². The molecule has 5 nitrogen and oxygen atoms in total. The molecule has 0 bridgehead atoms. The van der Waals surface area contributed by atoms with Crippen LogP contribution in [-0.2, 0) is 24.4 Å². The Balaban J connectivity index is 1.57. The Labute approximate surface area is 115 Å². The summed E-state index contributed by atoms with van der Waals surface area (Å²) < 4.78 is 0. The Morgan fingerprint density at radius 1 is 1.37 bits per heavy atom. The second-order valence-corrected chi connectivity index (χ2v) is 5.71. The van der Waals surface area contributed by atoms with Gasteiger partial charge in [0.1, 0.15) is 6.04 Å². The molecule has 1 fully saturated rings. The van der Waals surface area contributed by atoms with E-state index in [0.717, 1.165) is 30.4 Å². The molecule has 0 saturated carbocycles. The molecular formula is C13H15N3O2S. The number of hydrogen-bond acceptors (Lipinski definition) is 4. The van der Waals surface area contributed by atoms with Gasteiger partial charge in [0, 0.05) is 25.4 Å². The molecule has 0 spiro atoms. The van der Waals surface area contributed by atoms with Crippen LogP contribution in [0.5, 0.6) is 0 Å². The zero-order valence-electron chi connectivity index (χ0n) is 10.4. The first-order valence-electron chi connectivity index (χ1n) is 6.25. The van der Waals surface area contributed by atoms with Crippen molar-refractivity contribution in [2.45, 2.75) is 25.7 Å². The summed E-state index contributed by atoms with van der Waals surface area (Å²) in [7, 11) is 0. The summed E-state index contributed by atoms with van der Waals surface area (Å²) in [6.07, 6.45) is 0. The second kappa shape index (κ2) is 5.22. The average molecular weight is 277 g/mol. The van der Waals surface area contributed by atoms with Gasteiger partial charge in [0.25, 0.3) is 5.24 Å². The maximum atomic E-state index is 11.8. The van der Waals surface area contributed by atoms with E-state index in [4.69, 9.17) is 0 Å². The van der Waals surface area contributed by atoms with Crippen LogP contribution in [0.15, 0.2) is 18.2 Å². The zero-order valence-corrected chi connectivity index (χ0v) is 11.2. The van der Waals surface area contributed by atoms with Crippen LogP contribution >= 0.6 is 11.8 Å². The number of nitrogens with one attached hydrogen (secondary N) is 3. The Bertz CT molecular complexity index is 533. The van der Waals surface area contributed by atoms with Gasteiger partial charge < -0.3 is 16.0 Å². The normalized spacial score (nSPS) is 21.1. The maximum Gasteiger partial charge on any atom is 0.279 e. The number of carbonyl (C=O) groups excluding carboxylic acids is 2. The van der Waals surface area contributed by atoms with Crippen molar-refractivity contribution in [3.63, 3.8) is 0 Å². The van der Waals surface area contributed by atoms with Gasteiger partial charge in [0.15, 0.2) is 0 Å². The fourth-order valence-corrected chi connectivity index (χ4v) is 3.07. The first kappa shape index (κ1) is 12.5. The molecule has 19 heavy (non-hydrogen) atoms. The smallest absolute Gasteiger partial charge is 0.279 e. The maximum absolute atomic E-state index is 11.8. The minimum absolute atomic E-state index is 0.114. The van der Waals surface area contributed by atoms with Crippen LogP contribution in [0, 0.1) is 0 Å². The van der Waals surface area contributed by atoms with Gasteiger partial charge in [-0.25, -0.2) is 0 Å². The summed E-state index contributed by atoms with van der Waals surface area (Å²) in [4.78, 5) is 22.9. The third-order valence-corrected chi connectivity index (χ3v) is 4.24. The number of benzene rings is 1. The van der Waals surface area contributed by atoms with Crippen LogP contribution in [-0.4, -0.2) is 22.9 Å². The van der Waals surface area contributed by atoms with Crippen molar-refractivity contribution in [3.05, 3.63) is 34.9 Å². The van der Waals surface area contributed by atoms with E-state index in [2.05, 4.69) is 28.1 Å². The predicted molar refractivity (Wildman–Crippen MR) is 73.6 cm³/mol. The molecule has 1 aromatic rings. The monoisotopic (exact) mass is 277 g/mol. The SMILES string of the molecule is O=C1NC(C(=O)NCc2ccc3c(c2)CNC3)CS1. The molecule has 0 aromatic heterocycles. The molecule has 2 aliphatic heterocycles. The van der Waals surface area contributed by atoms with Gasteiger partial charge in [0.2, 0.25) is 5.91 Å². The van der Waals surface area contributed by atoms with Crippen LogP contribution < -0.4 is 16.0 Å². The summed E-state index contributed by atoms with van der Waals surface area (Å²) in [6, 6.07) is 5.86. The van der Waals surface area contributed by atoms with Gasteiger partial charge in [-0.05, 0) is 16.7 Å². The van der Waals surface area contributed by atoms with Gasteiger partial charge in [0.05, 0.1) is 0 Å². The van der Waals surface area contributed by atoms with E-state index in [0.29, 0.717) is 12.3 Å². The minimum Gasteiger partial charge on any atom is -0.350 e. The van der Waals surface area contributed by atoms with Gasteiger partial charge in [-0.15, -0.1) is 0 Å². The Hall–Kier alpha value is -1.53. The molecule has 1 unspecified atom stereocenters. The highest BCUT2D eigenvalue weighted by molar-refractivity contribution is 8.14. The van der Waals surface area contributed by atoms with Crippen LogP contribution in [0.25, 0.3) is 0 Å². The molecule has 0 aliphatic carbocycles. The predicted octanol–water partition coefficient (Wildman–Crippen LogP) is 0.731. The Kier molecular flexibility index (Phi) is 3.44. The number of rotatable bonds is 3. The van der Waals surface area contributed by atoms with Crippen LogP contribution in [0.4, 0.5) is 4.79 Å². The summed E-state index contributed by atoms with van der Waals surface area (Å²) in [6.45, 7) is 2.32. The van der Waals surface area contributed by atoms with Gasteiger partial charge >= 0.3 is 0 Å². The average Bonchev–Trinajstić information content (AvgIpc) is 3.03. The fraction of sp³-hybridized carbons (Fsp3) is 0.385. The molecular weight excluding hydrogens is 262 g/mol. The van der Waals surface area contributed by atoms with Gasteiger partial charge in [-0.2, -0.15) is 0 Å². The summed E-state index contributed by atoms with van der Waals surface area (Å²) in [5.41, 5.74) is 3.72. The molecule has 0 radical (unpaired) electrons. The number of amides is 2. The van der Waals surface area contributed by atoms with E-state index in [1.54, 1.807) is 0 Å². The molecule has 2 amide bonds. The molecule has 1 atom stereocenters. The van der Waals surface area contributed by atoms with Gasteiger partial charge in [-0.1, -0.05) is 30.0 Å². The number of thioether (sulfide) groups is 1. The van der Waals surface area contributed by atoms with E-state index in [-0.39, 0.29) is 11.1 Å². The quantitative estimate of drug-likeness (QED) is 0.762. The number of fused-ring (bicyclic) bond motifs is 1. The summed E-state index contributed by atoms with van der Waals surface area (Å²) in [5, 5.41) is 8.67. The minimum atomic E-state index is -0.395. The third kappa shape index (κ3) is 2.74.